The van der Waals surface area contributed by atoms with Gasteiger partial charge in [-0.15, -0.1) is 11.3 Å². The Kier molecular flexibility index (Phi) is 4.27. The average Bonchev–Trinajstić information content (AvgIpc) is 2.84. The molecule has 106 valence electrons. The van der Waals surface area contributed by atoms with Gasteiger partial charge in [0.1, 0.15) is 11.1 Å². The first-order valence-electron chi connectivity index (χ1n) is 6.81. The van der Waals surface area contributed by atoms with E-state index in [1.807, 2.05) is 18.2 Å². The summed E-state index contributed by atoms with van der Waals surface area (Å²) in [4.78, 5) is 13.7. The topological polar surface area (TPSA) is 52.9 Å². The molecule has 0 radical (unpaired) electrons. The summed E-state index contributed by atoms with van der Waals surface area (Å²) < 4.78 is 0.910. The van der Waals surface area contributed by atoms with Gasteiger partial charge >= 0.3 is 0 Å². The van der Waals surface area contributed by atoms with Gasteiger partial charge in [-0.1, -0.05) is 12.1 Å². The van der Waals surface area contributed by atoms with E-state index in [-0.39, 0.29) is 5.91 Å². The van der Waals surface area contributed by atoms with Gasteiger partial charge in [0.2, 0.25) is 0 Å². The predicted molar refractivity (Wildman–Crippen MR) is 92.8 cm³/mol. The number of benzene rings is 1. The van der Waals surface area contributed by atoms with Crippen LogP contribution in [0.4, 0.5) is 5.00 Å². The Labute approximate surface area is 141 Å². The van der Waals surface area contributed by atoms with Crippen molar-refractivity contribution in [3.63, 3.8) is 0 Å². The van der Waals surface area contributed by atoms with Crippen molar-refractivity contribution in [1.82, 2.24) is 0 Å². The van der Waals surface area contributed by atoms with Crippen LogP contribution in [0.2, 0.25) is 0 Å². The van der Waals surface area contributed by atoms with Gasteiger partial charge in [-0.25, -0.2) is 0 Å². The first-order chi connectivity index (χ1) is 10.2. The fraction of sp³-hybridized carbons (Fsp3) is 0.250. The molecule has 1 aromatic heterocycles. The number of hydrogen-bond acceptors (Lipinski definition) is 3. The van der Waals surface area contributed by atoms with Crippen molar-refractivity contribution in [2.75, 3.05) is 5.32 Å². The quantitative estimate of drug-likeness (QED) is 0.751. The summed E-state index contributed by atoms with van der Waals surface area (Å²) in [7, 11) is 0. The Morgan fingerprint density at radius 1 is 1.29 bits per heavy atom. The van der Waals surface area contributed by atoms with Gasteiger partial charge in [0, 0.05) is 8.45 Å². The van der Waals surface area contributed by atoms with Gasteiger partial charge < -0.3 is 5.32 Å². The van der Waals surface area contributed by atoms with Crippen LogP contribution in [0.1, 0.15) is 39.2 Å². The molecule has 0 aliphatic heterocycles. The summed E-state index contributed by atoms with van der Waals surface area (Å²) in [6.07, 6.45) is 4.27. The standard InChI is InChI=1S/C16H13IN2OS/c17-13-7-3-1-6-11(13)15(20)19-16-12(9-18)10-5-2-4-8-14(10)21-16/h1,3,6-7H,2,4-5,8H2,(H,19,20). The molecule has 0 unspecified atom stereocenters. The van der Waals surface area contributed by atoms with Crippen molar-refractivity contribution in [2.24, 2.45) is 0 Å². The van der Waals surface area contributed by atoms with E-state index < -0.39 is 0 Å². The molecule has 0 bridgehead atoms. The molecular formula is C16H13IN2OS. The summed E-state index contributed by atoms with van der Waals surface area (Å²) in [5.41, 5.74) is 2.45. The van der Waals surface area contributed by atoms with Crippen LogP contribution in [-0.2, 0) is 12.8 Å². The van der Waals surface area contributed by atoms with E-state index in [1.165, 1.54) is 11.3 Å². The number of nitrogens with one attached hydrogen (secondary N) is 1. The number of nitriles is 1. The van der Waals surface area contributed by atoms with Gasteiger partial charge in [-0.2, -0.15) is 5.26 Å². The molecule has 0 atom stereocenters. The van der Waals surface area contributed by atoms with Crippen molar-refractivity contribution in [3.8, 4) is 6.07 Å². The van der Waals surface area contributed by atoms with Gasteiger partial charge in [0.05, 0.1) is 11.1 Å². The third-order valence-electron chi connectivity index (χ3n) is 3.63. The number of thiophene rings is 1. The summed E-state index contributed by atoms with van der Waals surface area (Å²) in [5.74, 6) is -0.143. The van der Waals surface area contributed by atoms with Gasteiger partial charge in [-0.3, -0.25) is 4.79 Å². The molecule has 5 heteroatoms. The van der Waals surface area contributed by atoms with Crippen molar-refractivity contribution >= 4 is 44.8 Å². The van der Waals surface area contributed by atoms with E-state index >= 15 is 0 Å². The molecular weight excluding hydrogens is 395 g/mol. The molecule has 3 nitrogen and oxygen atoms in total. The zero-order chi connectivity index (χ0) is 14.8. The minimum absolute atomic E-state index is 0.143. The molecule has 1 aliphatic carbocycles. The number of carbonyl (C=O) groups excluding carboxylic acids is 1. The number of carbonyl (C=O) groups is 1. The summed E-state index contributed by atoms with van der Waals surface area (Å²) >= 11 is 3.71. The number of anilines is 1. The van der Waals surface area contributed by atoms with Crippen LogP contribution in [0.15, 0.2) is 24.3 Å². The fourth-order valence-electron chi connectivity index (χ4n) is 2.59. The first-order valence-corrected chi connectivity index (χ1v) is 8.70. The second kappa shape index (κ2) is 6.16. The van der Waals surface area contributed by atoms with Crippen molar-refractivity contribution in [1.29, 1.82) is 5.26 Å². The Morgan fingerprint density at radius 3 is 2.81 bits per heavy atom. The van der Waals surface area contributed by atoms with Crippen LogP contribution in [0.3, 0.4) is 0 Å². The number of halogens is 1. The third-order valence-corrected chi connectivity index (χ3v) is 5.78. The Hall–Kier alpha value is -1.39. The van der Waals surface area contributed by atoms with E-state index in [1.54, 1.807) is 17.4 Å². The lowest BCUT2D eigenvalue weighted by Gasteiger charge is -2.09. The highest BCUT2D eigenvalue weighted by molar-refractivity contribution is 14.1. The minimum atomic E-state index is -0.143. The first kappa shape index (κ1) is 14.5. The van der Waals surface area contributed by atoms with Crippen molar-refractivity contribution in [2.45, 2.75) is 25.7 Å². The lowest BCUT2D eigenvalue weighted by molar-refractivity contribution is 0.102. The molecule has 1 aromatic carbocycles. The van der Waals surface area contributed by atoms with Crippen LogP contribution >= 0.6 is 33.9 Å². The monoisotopic (exact) mass is 408 g/mol. The summed E-state index contributed by atoms with van der Waals surface area (Å²) in [5, 5.41) is 13.0. The second-order valence-corrected chi connectivity index (χ2v) is 7.23. The lowest BCUT2D eigenvalue weighted by atomic mass is 9.96. The molecule has 21 heavy (non-hydrogen) atoms. The molecule has 3 rings (SSSR count). The number of hydrogen-bond donors (Lipinski definition) is 1. The van der Waals surface area contributed by atoms with E-state index in [0.717, 1.165) is 28.4 Å². The molecule has 1 N–H and O–H groups in total. The molecule has 0 saturated heterocycles. The molecule has 0 spiro atoms. The zero-order valence-electron chi connectivity index (χ0n) is 11.3. The highest BCUT2D eigenvalue weighted by Crippen LogP contribution is 2.37. The van der Waals surface area contributed by atoms with Crippen LogP contribution in [-0.4, -0.2) is 5.91 Å². The maximum atomic E-state index is 12.4. The largest absolute Gasteiger partial charge is 0.312 e. The van der Waals surface area contributed by atoms with E-state index in [0.29, 0.717) is 16.1 Å². The normalized spacial score (nSPS) is 13.3. The third kappa shape index (κ3) is 2.83. The minimum Gasteiger partial charge on any atom is -0.312 e. The van der Waals surface area contributed by atoms with Gasteiger partial charge in [0.25, 0.3) is 5.91 Å². The zero-order valence-corrected chi connectivity index (χ0v) is 14.3. The Balaban J connectivity index is 1.92. The summed E-state index contributed by atoms with van der Waals surface area (Å²) in [6.45, 7) is 0. The molecule has 0 saturated carbocycles. The molecule has 1 amide bonds. The van der Waals surface area contributed by atoms with Crippen LogP contribution in [0.25, 0.3) is 0 Å². The van der Waals surface area contributed by atoms with Crippen molar-refractivity contribution < 1.29 is 4.79 Å². The maximum Gasteiger partial charge on any atom is 0.257 e. The molecule has 1 aliphatic rings. The highest BCUT2D eigenvalue weighted by atomic mass is 127. The highest BCUT2D eigenvalue weighted by Gasteiger charge is 2.22. The predicted octanol–water partition coefficient (Wildman–Crippen LogP) is 4.36. The number of aryl methyl sites for hydroxylation is 1. The van der Waals surface area contributed by atoms with Crippen LogP contribution in [0, 0.1) is 14.9 Å². The number of rotatable bonds is 2. The molecule has 1 heterocycles. The smallest absolute Gasteiger partial charge is 0.257 e. The number of nitrogens with zero attached hydrogens (tertiary/aromatic N) is 1. The van der Waals surface area contributed by atoms with E-state index in [2.05, 4.69) is 34.0 Å². The molecule has 2 aromatic rings. The lowest BCUT2D eigenvalue weighted by Crippen LogP contribution is -2.13. The van der Waals surface area contributed by atoms with E-state index in [9.17, 15) is 10.1 Å². The second-order valence-electron chi connectivity index (χ2n) is 4.96. The van der Waals surface area contributed by atoms with Crippen LogP contribution < -0.4 is 5.32 Å². The Bertz CT molecular complexity index is 745. The van der Waals surface area contributed by atoms with Crippen LogP contribution in [0.5, 0.6) is 0 Å². The number of amides is 1. The average molecular weight is 408 g/mol. The number of fused-ring (bicyclic) bond motifs is 1. The van der Waals surface area contributed by atoms with Gasteiger partial charge in [0.15, 0.2) is 0 Å². The summed E-state index contributed by atoms with van der Waals surface area (Å²) in [6, 6.07) is 9.73. The SMILES string of the molecule is N#Cc1c(NC(=O)c2ccccc2I)sc2c1CCCC2. The van der Waals surface area contributed by atoms with Gasteiger partial charge in [-0.05, 0) is 66.0 Å². The van der Waals surface area contributed by atoms with E-state index in [4.69, 9.17) is 0 Å². The molecule has 0 fully saturated rings. The maximum absolute atomic E-state index is 12.4. The van der Waals surface area contributed by atoms with Crippen molar-refractivity contribution in [3.05, 3.63) is 49.4 Å². The Morgan fingerprint density at radius 2 is 2.05 bits per heavy atom. The fourth-order valence-corrected chi connectivity index (χ4v) is 4.46.